The summed E-state index contributed by atoms with van der Waals surface area (Å²) in [6, 6.07) is 3.47. The van der Waals surface area contributed by atoms with Crippen molar-refractivity contribution in [1.82, 2.24) is 0 Å². The first-order chi connectivity index (χ1) is 4.61. The van der Waals surface area contributed by atoms with Gasteiger partial charge in [0.2, 0.25) is 0 Å². The Morgan fingerprint density at radius 1 is 1.20 bits per heavy atom. The Morgan fingerprint density at radius 3 is 2.00 bits per heavy atom. The third kappa shape index (κ3) is 1.66. The molecule has 0 atom stereocenters. The summed E-state index contributed by atoms with van der Waals surface area (Å²) in [7, 11) is 0. The van der Waals surface area contributed by atoms with Gasteiger partial charge in [-0.25, -0.2) is 0 Å². The van der Waals surface area contributed by atoms with Gasteiger partial charge >= 0.3 is 0 Å². The first-order valence-electron chi connectivity index (χ1n) is 2.54. The van der Waals surface area contributed by atoms with Crippen molar-refractivity contribution < 1.29 is 5.11 Å². The molecule has 1 rings (SSSR count). The quantitative estimate of drug-likeness (QED) is 0.423. The number of hydrogen-bond acceptors (Lipinski definition) is 2. The monoisotopic (exact) mass is 361 g/mol. The largest absolute Gasteiger partial charge is 0.506 e. The van der Waals surface area contributed by atoms with Crippen LogP contribution in [0.5, 0.6) is 5.75 Å². The molecule has 54 valence electrons. The van der Waals surface area contributed by atoms with Crippen molar-refractivity contribution >= 4 is 50.9 Å². The first kappa shape index (κ1) is 8.38. The van der Waals surface area contributed by atoms with Gasteiger partial charge in [-0.3, -0.25) is 0 Å². The van der Waals surface area contributed by atoms with Crippen LogP contribution in [-0.4, -0.2) is 5.11 Å². The van der Waals surface area contributed by atoms with Crippen LogP contribution in [0.15, 0.2) is 12.1 Å². The molecule has 0 aliphatic rings. The lowest BCUT2D eigenvalue weighted by molar-refractivity contribution is 0.468. The van der Waals surface area contributed by atoms with Gasteiger partial charge in [0.15, 0.2) is 0 Å². The van der Waals surface area contributed by atoms with Crippen LogP contribution < -0.4 is 5.73 Å². The van der Waals surface area contributed by atoms with E-state index >= 15 is 0 Å². The molecule has 0 amide bonds. The fourth-order valence-electron chi connectivity index (χ4n) is 0.585. The number of aromatic hydroxyl groups is 1. The molecule has 3 N–H and O–H groups in total. The molecule has 10 heavy (non-hydrogen) atoms. The third-order valence-corrected chi connectivity index (χ3v) is 2.68. The standard InChI is InChI=1S/C6H5I2NO/c7-4-1-3(9)2-5(8)6(4)10/h1-2,10H,9H2. The van der Waals surface area contributed by atoms with Crippen molar-refractivity contribution in [3.63, 3.8) is 0 Å². The van der Waals surface area contributed by atoms with Gasteiger partial charge in [-0.1, -0.05) is 0 Å². The number of halogens is 2. The molecule has 0 unspecified atom stereocenters. The van der Waals surface area contributed by atoms with Crippen LogP contribution in [0.1, 0.15) is 0 Å². The number of anilines is 1. The Bertz CT molecular complexity index is 239. The zero-order chi connectivity index (χ0) is 7.72. The summed E-state index contributed by atoms with van der Waals surface area (Å²) in [6.45, 7) is 0. The molecule has 0 aliphatic carbocycles. The summed E-state index contributed by atoms with van der Waals surface area (Å²) in [4.78, 5) is 0. The van der Waals surface area contributed by atoms with Gasteiger partial charge in [-0.05, 0) is 57.3 Å². The van der Waals surface area contributed by atoms with Crippen molar-refractivity contribution in [3.05, 3.63) is 19.3 Å². The summed E-state index contributed by atoms with van der Waals surface area (Å²) in [5.41, 5.74) is 6.19. The van der Waals surface area contributed by atoms with E-state index in [4.69, 9.17) is 5.73 Å². The van der Waals surface area contributed by atoms with E-state index in [2.05, 4.69) is 0 Å². The minimum absolute atomic E-state index is 0.315. The molecule has 0 saturated carbocycles. The van der Waals surface area contributed by atoms with Crippen LogP contribution in [0.3, 0.4) is 0 Å². The number of nitrogen functional groups attached to an aromatic ring is 1. The number of phenolic OH excluding ortho intramolecular Hbond substituents is 1. The van der Waals surface area contributed by atoms with Crippen LogP contribution in [0.4, 0.5) is 5.69 Å². The van der Waals surface area contributed by atoms with E-state index < -0.39 is 0 Å². The molecule has 0 bridgehead atoms. The summed E-state index contributed by atoms with van der Waals surface area (Å²) < 4.78 is 1.59. The lowest BCUT2D eigenvalue weighted by atomic mass is 10.3. The number of nitrogens with two attached hydrogens (primary N) is 1. The minimum Gasteiger partial charge on any atom is -0.506 e. The Labute approximate surface area is 86.1 Å². The van der Waals surface area contributed by atoms with E-state index in [0.717, 1.165) is 7.14 Å². The predicted octanol–water partition coefficient (Wildman–Crippen LogP) is 2.18. The average molecular weight is 361 g/mol. The van der Waals surface area contributed by atoms with E-state index in [0.29, 0.717) is 11.4 Å². The van der Waals surface area contributed by atoms with Gasteiger partial charge in [-0.2, -0.15) is 0 Å². The summed E-state index contributed by atoms with van der Waals surface area (Å²) in [5.74, 6) is 0.315. The summed E-state index contributed by atoms with van der Waals surface area (Å²) in [5, 5.41) is 9.26. The van der Waals surface area contributed by atoms with Crippen molar-refractivity contribution in [2.75, 3.05) is 5.73 Å². The Hall–Kier alpha value is 0.280. The lowest BCUT2D eigenvalue weighted by Gasteiger charge is -2.00. The number of phenols is 1. The molecule has 0 spiro atoms. The van der Waals surface area contributed by atoms with Gasteiger partial charge < -0.3 is 10.8 Å². The second-order valence-electron chi connectivity index (χ2n) is 1.83. The van der Waals surface area contributed by atoms with Crippen LogP contribution in [0.25, 0.3) is 0 Å². The Kier molecular flexibility index (Phi) is 2.61. The normalized spacial score (nSPS) is 9.80. The topological polar surface area (TPSA) is 46.2 Å². The number of rotatable bonds is 0. The van der Waals surface area contributed by atoms with Crippen molar-refractivity contribution in [2.45, 2.75) is 0 Å². The molecule has 2 nitrogen and oxygen atoms in total. The fraction of sp³-hybridized carbons (Fsp3) is 0. The molecule has 0 saturated heterocycles. The van der Waals surface area contributed by atoms with Crippen molar-refractivity contribution in [1.29, 1.82) is 0 Å². The number of benzene rings is 1. The van der Waals surface area contributed by atoms with Crippen LogP contribution in [0.2, 0.25) is 0 Å². The van der Waals surface area contributed by atoms with Crippen LogP contribution in [-0.2, 0) is 0 Å². The zero-order valence-corrected chi connectivity index (χ0v) is 9.25. The zero-order valence-electron chi connectivity index (χ0n) is 4.94. The van der Waals surface area contributed by atoms with E-state index in [-0.39, 0.29) is 0 Å². The van der Waals surface area contributed by atoms with Gasteiger partial charge in [0.1, 0.15) is 5.75 Å². The van der Waals surface area contributed by atoms with Crippen LogP contribution >= 0.6 is 45.2 Å². The lowest BCUT2D eigenvalue weighted by Crippen LogP contribution is -1.87. The van der Waals surface area contributed by atoms with E-state index in [9.17, 15) is 5.11 Å². The maximum absolute atomic E-state index is 9.26. The summed E-state index contributed by atoms with van der Waals surface area (Å²) in [6.07, 6.45) is 0. The molecule has 1 aromatic rings. The minimum atomic E-state index is 0.315. The van der Waals surface area contributed by atoms with Crippen molar-refractivity contribution in [3.8, 4) is 5.75 Å². The van der Waals surface area contributed by atoms with E-state index in [1.165, 1.54) is 0 Å². The highest BCUT2D eigenvalue weighted by atomic mass is 127. The van der Waals surface area contributed by atoms with Crippen LogP contribution in [0, 0.1) is 7.14 Å². The fourth-order valence-corrected chi connectivity index (χ4v) is 2.40. The second-order valence-corrected chi connectivity index (χ2v) is 4.16. The highest BCUT2D eigenvalue weighted by Crippen LogP contribution is 2.27. The SMILES string of the molecule is Nc1cc(I)c(O)c(I)c1. The molecule has 0 radical (unpaired) electrons. The highest BCUT2D eigenvalue weighted by Gasteiger charge is 2.02. The second kappa shape index (κ2) is 3.12. The molecule has 0 aromatic heterocycles. The molecule has 0 fully saturated rings. The van der Waals surface area contributed by atoms with Gasteiger partial charge in [0, 0.05) is 5.69 Å². The Morgan fingerprint density at radius 2 is 1.60 bits per heavy atom. The molecule has 4 heteroatoms. The predicted molar refractivity (Wildman–Crippen MR) is 58.0 cm³/mol. The van der Waals surface area contributed by atoms with Crippen molar-refractivity contribution in [2.24, 2.45) is 0 Å². The molecule has 0 aliphatic heterocycles. The number of hydrogen-bond donors (Lipinski definition) is 2. The smallest absolute Gasteiger partial charge is 0.142 e. The van der Waals surface area contributed by atoms with Gasteiger partial charge in [-0.15, -0.1) is 0 Å². The molecule has 1 aromatic carbocycles. The highest BCUT2D eigenvalue weighted by molar-refractivity contribution is 14.1. The maximum atomic E-state index is 9.26. The van der Waals surface area contributed by atoms with E-state index in [1.54, 1.807) is 12.1 Å². The average Bonchev–Trinajstić information content (AvgIpc) is 1.82. The van der Waals surface area contributed by atoms with Gasteiger partial charge in [0.05, 0.1) is 7.14 Å². The first-order valence-corrected chi connectivity index (χ1v) is 4.70. The van der Waals surface area contributed by atoms with E-state index in [1.807, 2.05) is 45.2 Å². The Balaban J connectivity index is 3.31. The van der Waals surface area contributed by atoms with Gasteiger partial charge in [0.25, 0.3) is 0 Å². The molecular weight excluding hydrogens is 356 g/mol. The third-order valence-electron chi connectivity index (χ3n) is 1.04. The maximum Gasteiger partial charge on any atom is 0.142 e. The molecular formula is C6H5I2NO. The molecule has 0 heterocycles. The summed E-state index contributed by atoms with van der Waals surface area (Å²) >= 11 is 4.08.